The number of aliphatic carboxylic acids is 1. The minimum absolute atomic E-state index is 0.0304. The lowest BCUT2D eigenvalue weighted by Gasteiger charge is -2.10. The average molecular weight is 212 g/mol. The maximum Gasteiger partial charge on any atom is 0.324 e. The third kappa shape index (κ3) is 1.27. The normalized spacial score (nSPS) is 37.9. The van der Waals surface area contributed by atoms with E-state index in [4.69, 9.17) is 4.74 Å². The molecule has 1 N–H and O–H groups in total. The van der Waals surface area contributed by atoms with Gasteiger partial charge >= 0.3 is 11.9 Å². The number of esters is 1. The van der Waals surface area contributed by atoms with Crippen LogP contribution in [-0.4, -0.2) is 23.7 Å². The van der Waals surface area contributed by atoms with E-state index in [-0.39, 0.29) is 18.4 Å². The number of carboxylic acid groups (broad SMARTS) is 1. The maximum atomic E-state index is 11.7. The number of ether oxygens (including phenoxy) is 1. The number of rotatable bonds is 3. The number of carbonyl (C=O) groups is 2. The Hall–Kier alpha value is -1.06. The lowest BCUT2D eigenvalue weighted by atomic mass is 10.0. The summed E-state index contributed by atoms with van der Waals surface area (Å²) >= 11 is 0. The Kier molecular flexibility index (Phi) is 2.44. The quantitative estimate of drug-likeness (QED) is 0.568. The molecule has 4 heteroatoms. The summed E-state index contributed by atoms with van der Waals surface area (Å²) in [5, 5.41) is 9.23. The largest absolute Gasteiger partial charge is 0.480 e. The van der Waals surface area contributed by atoms with Crippen LogP contribution in [0.3, 0.4) is 0 Å². The Bertz CT molecular complexity index is 285. The zero-order chi connectivity index (χ0) is 11.1. The van der Waals surface area contributed by atoms with Gasteiger partial charge in [0, 0.05) is 0 Å². The Balaban J connectivity index is 2.20. The van der Waals surface area contributed by atoms with Crippen molar-refractivity contribution in [2.75, 3.05) is 6.61 Å². The van der Waals surface area contributed by atoms with Crippen LogP contribution in [0.1, 0.15) is 32.6 Å². The molecular weight excluding hydrogens is 196 g/mol. The van der Waals surface area contributed by atoms with Crippen molar-refractivity contribution < 1.29 is 19.4 Å². The van der Waals surface area contributed by atoms with Crippen LogP contribution >= 0.6 is 0 Å². The summed E-state index contributed by atoms with van der Waals surface area (Å²) in [6.07, 6.45) is 3.79. The van der Waals surface area contributed by atoms with Crippen molar-refractivity contribution >= 4 is 11.9 Å². The van der Waals surface area contributed by atoms with Gasteiger partial charge in [0.1, 0.15) is 0 Å². The van der Waals surface area contributed by atoms with E-state index in [0.717, 1.165) is 25.7 Å². The molecule has 0 saturated heterocycles. The van der Waals surface area contributed by atoms with Gasteiger partial charge in [-0.05, 0) is 31.6 Å². The summed E-state index contributed by atoms with van der Waals surface area (Å²) in [7, 11) is 0. The topological polar surface area (TPSA) is 63.6 Å². The predicted molar refractivity (Wildman–Crippen MR) is 52.1 cm³/mol. The van der Waals surface area contributed by atoms with Gasteiger partial charge in [-0.3, -0.25) is 9.59 Å². The smallest absolute Gasteiger partial charge is 0.324 e. The number of carbonyl (C=O) groups excluding carboxylic acids is 1. The van der Waals surface area contributed by atoms with E-state index in [9.17, 15) is 14.7 Å². The predicted octanol–water partition coefficient (Wildman–Crippen LogP) is 1.44. The third-order valence-electron chi connectivity index (χ3n) is 3.79. The van der Waals surface area contributed by atoms with Gasteiger partial charge in [0.05, 0.1) is 6.61 Å². The van der Waals surface area contributed by atoms with Crippen molar-refractivity contribution in [3.63, 3.8) is 0 Å². The van der Waals surface area contributed by atoms with E-state index in [0.29, 0.717) is 0 Å². The van der Waals surface area contributed by atoms with Gasteiger partial charge in [-0.1, -0.05) is 12.8 Å². The lowest BCUT2D eigenvalue weighted by Crippen LogP contribution is -2.31. The van der Waals surface area contributed by atoms with Crippen molar-refractivity contribution in [1.82, 2.24) is 0 Å². The van der Waals surface area contributed by atoms with Crippen LogP contribution in [0.15, 0.2) is 0 Å². The van der Waals surface area contributed by atoms with Crippen LogP contribution in [0, 0.1) is 17.3 Å². The molecule has 2 aliphatic rings. The molecule has 0 aromatic rings. The van der Waals surface area contributed by atoms with Crippen LogP contribution < -0.4 is 0 Å². The summed E-state index contributed by atoms with van der Waals surface area (Å²) < 4.78 is 4.90. The first-order chi connectivity index (χ1) is 7.15. The van der Waals surface area contributed by atoms with Crippen LogP contribution in [0.25, 0.3) is 0 Å². The van der Waals surface area contributed by atoms with Crippen molar-refractivity contribution in [2.24, 2.45) is 17.3 Å². The van der Waals surface area contributed by atoms with Crippen LogP contribution in [0.4, 0.5) is 0 Å². The molecular formula is C11H16O4. The minimum atomic E-state index is -1.19. The standard InChI is InChI=1S/C11H16O4/c1-2-15-10(14)11(9(12)13)7-5-3-4-6-8(7)11/h7-8H,2-6H2,1H3,(H,12,13)/t7-,8+,11?. The molecule has 0 amide bonds. The van der Waals surface area contributed by atoms with Gasteiger partial charge in [0.15, 0.2) is 5.41 Å². The molecule has 2 rings (SSSR count). The fourth-order valence-electron chi connectivity index (χ4n) is 3.08. The lowest BCUT2D eigenvalue weighted by molar-refractivity contribution is -0.162. The molecule has 2 aliphatic carbocycles. The Labute approximate surface area is 88.6 Å². The van der Waals surface area contributed by atoms with E-state index >= 15 is 0 Å². The molecule has 0 spiro atoms. The van der Waals surface area contributed by atoms with E-state index in [1.807, 2.05) is 0 Å². The Morgan fingerprint density at radius 3 is 2.27 bits per heavy atom. The van der Waals surface area contributed by atoms with Gasteiger partial charge < -0.3 is 9.84 Å². The Morgan fingerprint density at radius 2 is 1.87 bits per heavy atom. The highest BCUT2D eigenvalue weighted by Gasteiger charge is 2.75. The number of hydrogen-bond acceptors (Lipinski definition) is 3. The third-order valence-corrected chi connectivity index (χ3v) is 3.79. The first kappa shape index (κ1) is 10.5. The molecule has 15 heavy (non-hydrogen) atoms. The minimum Gasteiger partial charge on any atom is -0.480 e. The molecule has 3 atom stereocenters. The molecule has 1 unspecified atom stereocenters. The summed E-state index contributed by atoms with van der Waals surface area (Å²) in [6, 6.07) is 0. The SMILES string of the molecule is CCOC(=O)C1(C(=O)O)[C@@H]2CCCC[C@@H]21. The zero-order valence-corrected chi connectivity index (χ0v) is 8.86. The van der Waals surface area contributed by atoms with E-state index < -0.39 is 17.4 Å². The molecule has 2 fully saturated rings. The second kappa shape index (κ2) is 3.51. The molecule has 0 aliphatic heterocycles. The fourth-order valence-corrected chi connectivity index (χ4v) is 3.08. The van der Waals surface area contributed by atoms with Gasteiger partial charge in [-0.25, -0.2) is 0 Å². The molecule has 84 valence electrons. The van der Waals surface area contributed by atoms with Gasteiger partial charge in [0.2, 0.25) is 0 Å². The molecule has 0 aromatic carbocycles. The van der Waals surface area contributed by atoms with Crippen molar-refractivity contribution in [3.05, 3.63) is 0 Å². The zero-order valence-electron chi connectivity index (χ0n) is 8.86. The molecule has 0 bridgehead atoms. The van der Waals surface area contributed by atoms with Crippen molar-refractivity contribution in [1.29, 1.82) is 0 Å². The van der Waals surface area contributed by atoms with Crippen LogP contribution in [-0.2, 0) is 14.3 Å². The maximum absolute atomic E-state index is 11.7. The van der Waals surface area contributed by atoms with Gasteiger partial charge in [-0.2, -0.15) is 0 Å². The summed E-state index contributed by atoms with van der Waals surface area (Å²) in [6.45, 7) is 1.97. The second-order valence-electron chi connectivity index (χ2n) is 4.39. The highest BCUT2D eigenvalue weighted by molar-refractivity contribution is 6.03. The van der Waals surface area contributed by atoms with Crippen molar-refractivity contribution in [3.8, 4) is 0 Å². The summed E-state index contributed by atoms with van der Waals surface area (Å²) in [4.78, 5) is 23.0. The molecule has 2 saturated carbocycles. The van der Waals surface area contributed by atoms with Crippen LogP contribution in [0.2, 0.25) is 0 Å². The highest BCUT2D eigenvalue weighted by atomic mass is 16.5. The van der Waals surface area contributed by atoms with E-state index in [1.165, 1.54) is 0 Å². The average Bonchev–Trinajstić information content (AvgIpc) is 2.88. The van der Waals surface area contributed by atoms with Gasteiger partial charge in [-0.15, -0.1) is 0 Å². The van der Waals surface area contributed by atoms with Crippen LogP contribution in [0.5, 0.6) is 0 Å². The van der Waals surface area contributed by atoms with E-state index in [2.05, 4.69) is 0 Å². The molecule has 4 nitrogen and oxygen atoms in total. The first-order valence-corrected chi connectivity index (χ1v) is 5.56. The fraction of sp³-hybridized carbons (Fsp3) is 0.818. The Morgan fingerprint density at radius 1 is 1.33 bits per heavy atom. The molecule has 0 aromatic heterocycles. The first-order valence-electron chi connectivity index (χ1n) is 5.56. The summed E-state index contributed by atoms with van der Waals surface area (Å²) in [5.41, 5.74) is -1.19. The summed E-state index contributed by atoms with van der Waals surface area (Å²) in [5.74, 6) is -1.45. The number of hydrogen-bond donors (Lipinski definition) is 1. The number of carboxylic acids is 1. The highest BCUT2D eigenvalue weighted by Crippen LogP contribution is 2.66. The second-order valence-corrected chi connectivity index (χ2v) is 4.39. The number of fused-ring (bicyclic) bond motifs is 1. The molecule has 0 heterocycles. The molecule has 0 radical (unpaired) electrons. The monoisotopic (exact) mass is 212 g/mol. The van der Waals surface area contributed by atoms with Gasteiger partial charge in [0.25, 0.3) is 0 Å². The van der Waals surface area contributed by atoms with E-state index in [1.54, 1.807) is 6.92 Å². The van der Waals surface area contributed by atoms with Crippen molar-refractivity contribution in [2.45, 2.75) is 32.6 Å².